The lowest BCUT2D eigenvalue weighted by Gasteiger charge is -2.34. The highest BCUT2D eigenvalue weighted by Crippen LogP contribution is 2.28. The topological polar surface area (TPSA) is 89.1 Å². The Hall–Kier alpha value is -3.26. The number of methoxy groups -OCH3 is 3. The molecule has 1 atom stereocenters. The van der Waals surface area contributed by atoms with E-state index in [9.17, 15) is 9.59 Å². The van der Waals surface area contributed by atoms with E-state index in [0.717, 1.165) is 5.56 Å². The van der Waals surface area contributed by atoms with Gasteiger partial charge in [-0.3, -0.25) is 14.5 Å². The van der Waals surface area contributed by atoms with Crippen molar-refractivity contribution in [2.75, 3.05) is 39.7 Å². The van der Waals surface area contributed by atoms with Crippen LogP contribution in [0.3, 0.4) is 0 Å². The first-order valence-electron chi connectivity index (χ1n) is 11.1. The standard InChI is InChI=1S/C25H33N3O5/c1-17(24(29)26-16-18-9-10-22(32-3)23(15-18)33-4)28-13-11-19(12-14-28)25(30)27-20-7-5-6-8-21(20)31-2/h5-10,15,17,19H,11-14,16H2,1-4H3,(H,26,29)(H,27,30). The van der Waals surface area contributed by atoms with Gasteiger partial charge in [0.05, 0.1) is 33.1 Å². The van der Waals surface area contributed by atoms with Crippen molar-refractivity contribution in [1.82, 2.24) is 10.2 Å². The van der Waals surface area contributed by atoms with E-state index in [-0.39, 0.29) is 23.8 Å². The highest BCUT2D eigenvalue weighted by atomic mass is 16.5. The molecular formula is C25H33N3O5. The minimum atomic E-state index is -0.275. The summed E-state index contributed by atoms with van der Waals surface area (Å²) in [5.74, 6) is 1.78. The van der Waals surface area contributed by atoms with Crippen molar-refractivity contribution in [1.29, 1.82) is 0 Å². The average molecular weight is 456 g/mol. The molecule has 1 unspecified atom stereocenters. The van der Waals surface area contributed by atoms with Crippen LogP contribution in [0.2, 0.25) is 0 Å². The first-order chi connectivity index (χ1) is 16.0. The van der Waals surface area contributed by atoms with Gasteiger partial charge in [0.15, 0.2) is 11.5 Å². The van der Waals surface area contributed by atoms with Gasteiger partial charge < -0.3 is 24.8 Å². The van der Waals surface area contributed by atoms with Gasteiger partial charge in [-0.2, -0.15) is 0 Å². The maximum atomic E-state index is 12.7. The summed E-state index contributed by atoms with van der Waals surface area (Å²) in [6.07, 6.45) is 1.41. The van der Waals surface area contributed by atoms with E-state index < -0.39 is 0 Å². The first kappa shape index (κ1) is 24.4. The van der Waals surface area contributed by atoms with Crippen molar-refractivity contribution < 1.29 is 23.8 Å². The molecule has 1 aliphatic rings. The Morgan fingerprint density at radius 1 is 0.970 bits per heavy atom. The minimum absolute atomic E-state index is 0.00953. The fourth-order valence-corrected chi connectivity index (χ4v) is 4.02. The molecule has 1 saturated heterocycles. The molecule has 1 heterocycles. The molecule has 0 radical (unpaired) electrons. The molecule has 2 amide bonds. The summed E-state index contributed by atoms with van der Waals surface area (Å²) in [7, 11) is 4.76. The molecule has 0 bridgehead atoms. The lowest BCUT2D eigenvalue weighted by atomic mass is 9.94. The summed E-state index contributed by atoms with van der Waals surface area (Å²) in [6.45, 7) is 3.68. The van der Waals surface area contributed by atoms with Crippen LogP contribution >= 0.6 is 0 Å². The molecule has 2 aromatic carbocycles. The Balaban J connectivity index is 1.48. The first-order valence-corrected chi connectivity index (χ1v) is 11.1. The fourth-order valence-electron chi connectivity index (χ4n) is 4.02. The molecule has 33 heavy (non-hydrogen) atoms. The predicted molar refractivity (Wildman–Crippen MR) is 127 cm³/mol. The molecular weight excluding hydrogens is 422 g/mol. The quantitative estimate of drug-likeness (QED) is 0.604. The van der Waals surface area contributed by atoms with E-state index >= 15 is 0 Å². The highest BCUT2D eigenvalue weighted by molar-refractivity contribution is 5.94. The minimum Gasteiger partial charge on any atom is -0.495 e. The average Bonchev–Trinajstić information content (AvgIpc) is 2.86. The summed E-state index contributed by atoms with van der Waals surface area (Å²) in [5.41, 5.74) is 1.61. The Morgan fingerprint density at radius 3 is 2.30 bits per heavy atom. The van der Waals surface area contributed by atoms with Gasteiger partial charge in [-0.15, -0.1) is 0 Å². The zero-order chi connectivity index (χ0) is 23.8. The number of anilines is 1. The maximum Gasteiger partial charge on any atom is 0.237 e. The smallest absolute Gasteiger partial charge is 0.237 e. The van der Waals surface area contributed by atoms with Gasteiger partial charge in [0.2, 0.25) is 11.8 Å². The van der Waals surface area contributed by atoms with Crippen LogP contribution in [0.15, 0.2) is 42.5 Å². The molecule has 0 spiro atoms. The van der Waals surface area contributed by atoms with E-state index in [1.54, 1.807) is 21.3 Å². The van der Waals surface area contributed by atoms with Gasteiger partial charge in [-0.25, -0.2) is 0 Å². The Labute approximate surface area is 195 Å². The molecule has 8 heteroatoms. The van der Waals surface area contributed by atoms with Gasteiger partial charge in [0.1, 0.15) is 5.75 Å². The summed E-state index contributed by atoms with van der Waals surface area (Å²) >= 11 is 0. The number of para-hydroxylation sites is 2. The summed E-state index contributed by atoms with van der Waals surface area (Å²) in [4.78, 5) is 27.6. The number of hydrogen-bond donors (Lipinski definition) is 2. The molecule has 1 fully saturated rings. The van der Waals surface area contributed by atoms with Crippen molar-refractivity contribution in [3.05, 3.63) is 48.0 Å². The van der Waals surface area contributed by atoms with Crippen LogP contribution in [0, 0.1) is 5.92 Å². The maximum absolute atomic E-state index is 12.7. The van der Waals surface area contributed by atoms with E-state index in [1.165, 1.54) is 0 Å². The van der Waals surface area contributed by atoms with Crippen LogP contribution in [-0.4, -0.2) is 57.2 Å². The Kier molecular flexibility index (Phi) is 8.54. The van der Waals surface area contributed by atoms with Gasteiger partial charge in [-0.1, -0.05) is 18.2 Å². The third-order valence-corrected chi connectivity index (χ3v) is 6.11. The van der Waals surface area contributed by atoms with Crippen molar-refractivity contribution in [3.63, 3.8) is 0 Å². The summed E-state index contributed by atoms with van der Waals surface area (Å²) < 4.78 is 15.9. The largest absolute Gasteiger partial charge is 0.495 e. The third kappa shape index (κ3) is 6.16. The second-order valence-corrected chi connectivity index (χ2v) is 8.08. The third-order valence-electron chi connectivity index (χ3n) is 6.11. The van der Waals surface area contributed by atoms with Crippen LogP contribution in [-0.2, 0) is 16.1 Å². The molecule has 8 nitrogen and oxygen atoms in total. The van der Waals surface area contributed by atoms with Crippen LogP contribution < -0.4 is 24.8 Å². The number of nitrogens with one attached hydrogen (secondary N) is 2. The van der Waals surface area contributed by atoms with Crippen LogP contribution in [0.4, 0.5) is 5.69 Å². The summed E-state index contributed by atoms with van der Waals surface area (Å²) in [5, 5.41) is 5.97. The molecule has 178 valence electrons. The van der Waals surface area contributed by atoms with E-state index in [4.69, 9.17) is 14.2 Å². The predicted octanol–water partition coefficient (Wildman–Crippen LogP) is 3.07. The Morgan fingerprint density at radius 2 is 1.64 bits per heavy atom. The van der Waals surface area contributed by atoms with Gasteiger partial charge in [0.25, 0.3) is 0 Å². The normalized spacial score (nSPS) is 15.4. The molecule has 0 saturated carbocycles. The number of ether oxygens (including phenoxy) is 3. The monoisotopic (exact) mass is 455 g/mol. The number of benzene rings is 2. The van der Waals surface area contributed by atoms with Gasteiger partial charge in [-0.05, 0) is 62.7 Å². The zero-order valence-electron chi connectivity index (χ0n) is 19.7. The fraction of sp³-hybridized carbons (Fsp3) is 0.440. The molecule has 0 aromatic heterocycles. The highest BCUT2D eigenvalue weighted by Gasteiger charge is 2.30. The van der Waals surface area contributed by atoms with Crippen molar-refractivity contribution in [3.8, 4) is 17.2 Å². The van der Waals surface area contributed by atoms with Crippen LogP contribution in [0.5, 0.6) is 17.2 Å². The number of carbonyl (C=O) groups is 2. The number of hydrogen-bond acceptors (Lipinski definition) is 6. The molecule has 0 aliphatic carbocycles. The Bertz CT molecular complexity index is 957. The van der Waals surface area contributed by atoms with E-state index in [2.05, 4.69) is 15.5 Å². The molecule has 3 rings (SSSR count). The van der Waals surface area contributed by atoms with Crippen molar-refractivity contribution in [2.45, 2.75) is 32.4 Å². The number of likely N-dealkylation sites (tertiary alicyclic amines) is 1. The molecule has 2 aromatic rings. The van der Waals surface area contributed by atoms with Gasteiger partial charge in [0, 0.05) is 12.5 Å². The molecule has 2 N–H and O–H groups in total. The number of nitrogens with zero attached hydrogens (tertiary/aromatic N) is 1. The number of carbonyl (C=O) groups excluding carboxylic acids is 2. The number of rotatable bonds is 9. The SMILES string of the molecule is COc1ccccc1NC(=O)C1CCN(C(C)C(=O)NCc2ccc(OC)c(OC)c2)CC1. The molecule has 1 aliphatic heterocycles. The zero-order valence-corrected chi connectivity index (χ0v) is 19.7. The second kappa shape index (κ2) is 11.6. The number of amides is 2. The summed E-state index contributed by atoms with van der Waals surface area (Å²) in [6, 6.07) is 12.7. The second-order valence-electron chi connectivity index (χ2n) is 8.08. The van der Waals surface area contributed by atoms with Crippen LogP contribution in [0.1, 0.15) is 25.3 Å². The van der Waals surface area contributed by atoms with Crippen LogP contribution in [0.25, 0.3) is 0 Å². The van der Waals surface area contributed by atoms with Crippen molar-refractivity contribution >= 4 is 17.5 Å². The van der Waals surface area contributed by atoms with Crippen molar-refractivity contribution in [2.24, 2.45) is 5.92 Å². The van der Waals surface area contributed by atoms with E-state index in [1.807, 2.05) is 49.4 Å². The lowest BCUT2D eigenvalue weighted by Crippen LogP contribution is -2.49. The number of piperidine rings is 1. The lowest BCUT2D eigenvalue weighted by molar-refractivity contribution is -0.127. The van der Waals surface area contributed by atoms with Gasteiger partial charge >= 0.3 is 0 Å². The van der Waals surface area contributed by atoms with E-state index in [0.29, 0.717) is 55.4 Å².